The lowest BCUT2D eigenvalue weighted by Crippen LogP contribution is -2.33. The predicted octanol–water partition coefficient (Wildman–Crippen LogP) is -1.09. The number of aliphatic hydroxyl groups excluding tert-OH is 3. The van der Waals surface area contributed by atoms with Gasteiger partial charge >= 0.3 is 0 Å². The van der Waals surface area contributed by atoms with Crippen LogP contribution in [0.3, 0.4) is 0 Å². The molecule has 1 aliphatic rings. The summed E-state index contributed by atoms with van der Waals surface area (Å²) >= 11 is 0. The van der Waals surface area contributed by atoms with Gasteiger partial charge in [0, 0.05) is 0 Å². The number of anilines is 1. The molecule has 1 saturated heterocycles. The van der Waals surface area contributed by atoms with E-state index in [0.29, 0.717) is 5.56 Å². The summed E-state index contributed by atoms with van der Waals surface area (Å²) in [5.74, 6) is 0.0980. The van der Waals surface area contributed by atoms with E-state index in [1.54, 1.807) is 0 Å². The van der Waals surface area contributed by atoms with Crippen LogP contribution in [0.2, 0.25) is 0 Å². The summed E-state index contributed by atoms with van der Waals surface area (Å²) in [5.41, 5.74) is 13.1. The number of aromatic nitrogens is 2. The highest BCUT2D eigenvalue weighted by atomic mass is 16.6. The van der Waals surface area contributed by atoms with Crippen molar-refractivity contribution in [2.75, 3.05) is 12.3 Å². The Morgan fingerprint density at radius 1 is 1.27 bits per heavy atom. The standard InChI is InChI=1S/C16H21N5O5/c17-14(20-25-8-9-4-2-1-3-5-9)10-6-19-21(15(10)18)16-13(24)12(23)11(7-22)26-16/h1-6,11-13,16,22-24H,7-8,18H2,(H2,17,20). The molecule has 10 heteroatoms. The number of oxime groups is 1. The molecule has 0 bridgehead atoms. The number of amidine groups is 1. The molecule has 1 aliphatic heterocycles. The van der Waals surface area contributed by atoms with E-state index in [9.17, 15) is 10.2 Å². The van der Waals surface area contributed by atoms with Gasteiger partial charge < -0.3 is 36.4 Å². The van der Waals surface area contributed by atoms with Crippen LogP contribution in [0.15, 0.2) is 41.7 Å². The molecule has 0 spiro atoms. The van der Waals surface area contributed by atoms with Crippen LogP contribution in [0.5, 0.6) is 0 Å². The van der Waals surface area contributed by atoms with Crippen molar-refractivity contribution in [2.45, 2.75) is 31.1 Å². The van der Waals surface area contributed by atoms with Crippen molar-refractivity contribution >= 4 is 11.7 Å². The zero-order valence-electron chi connectivity index (χ0n) is 13.8. The minimum Gasteiger partial charge on any atom is -0.394 e. The minimum atomic E-state index is -1.30. The molecule has 2 heterocycles. The number of nitrogens with two attached hydrogens (primary N) is 2. The molecule has 0 amide bonds. The monoisotopic (exact) mass is 363 g/mol. The molecule has 3 rings (SSSR count). The summed E-state index contributed by atoms with van der Waals surface area (Å²) in [6, 6.07) is 9.44. The lowest BCUT2D eigenvalue weighted by atomic mass is 10.1. The van der Waals surface area contributed by atoms with Crippen molar-refractivity contribution in [3.8, 4) is 0 Å². The van der Waals surface area contributed by atoms with Gasteiger partial charge in [0.25, 0.3) is 0 Å². The topological polar surface area (TPSA) is 161 Å². The van der Waals surface area contributed by atoms with Gasteiger partial charge in [-0.2, -0.15) is 5.10 Å². The molecule has 10 nitrogen and oxygen atoms in total. The Kier molecular flexibility index (Phi) is 5.38. The maximum absolute atomic E-state index is 10.1. The normalized spacial score (nSPS) is 26.2. The molecule has 0 saturated carbocycles. The van der Waals surface area contributed by atoms with E-state index in [0.717, 1.165) is 5.56 Å². The zero-order chi connectivity index (χ0) is 18.7. The van der Waals surface area contributed by atoms with Gasteiger partial charge in [-0.25, -0.2) is 4.68 Å². The number of aliphatic hydroxyl groups is 3. The molecule has 140 valence electrons. The van der Waals surface area contributed by atoms with Crippen LogP contribution < -0.4 is 11.5 Å². The largest absolute Gasteiger partial charge is 0.394 e. The molecule has 1 aromatic heterocycles. The third-order valence-corrected chi connectivity index (χ3v) is 4.11. The average molecular weight is 363 g/mol. The Bertz CT molecular complexity index is 766. The van der Waals surface area contributed by atoms with Crippen LogP contribution in [0.25, 0.3) is 0 Å². The average Bonchev–Trinajstić information content (AvgIpc) is 3.16. The molecule has 0 aliphatic carbocycles. The van der Waals surface area contributed by atoms with Crippen LogP contribution in [-0.4, -0.2) is 55.9 Å². The summed E-state index contributed by atoms with van der Waals surface area (Å²) in [4.78, 5) is 5.21. The summed E-state index contributed by atoms with van der Waals surface area (Å²) in [6.07, 6.45) is -3.17. The highest BCUT2D eigenvalue weighted by molar-refractivity contribution is 6.00. The Balaban J connectivity index is 1.71. The fraction of sp³-hybridized carbons (Fsp3) is 0.375. The Morgan fingerprint density at radius 2 is 2.00 bits per heavy atom. The van der Waals surface area contributed by atoms with Crippen LogP contribution in [0.1, 0.15) is 17.4 Å². The fourth-order valence-corrected chi connectivity index (χ4v) is 2.65. The maximum atomic E-state index is 10.1. The van der Waals surface area contributed by atoms with E-state index in [4.69, 9.17) is 26.1 Å². The summed E-state index contributed by atoms with van der Waals surface area (Å²) in [5, 5.41) is 36.9. The second-order valence-corrected chi connectivity index (χ2v) is 5.85. The SMILES string of the molecule is NC(=NOCc1ccccc1)c1cnn(C2OC(CO)C(O)C2O)c1N. The first-order valence-electron chi connectivity index (χ1n) is 7.98. The van der Waals surface area contributed by atoms with E-state index >= 15 is 0 Å². The molecule has 26 heavy (non-hydrogen) atoms. The lowest BCUT2D eigenvalue weighted by Gasteiger charge is -2.16. The zero-order valence-corrected chi connectivity index (χ0v) is 13.8. The molecule has 1 fully saturated rings. The van der Waals surface area contributed by atoms with Gasteiger partial charge in [-0.1, -0.05) is 35.5 Å². The third-order valence-electron chi connectivity index (χ3n) is 4.11. The van der Waals surface area contributed by atoms with Crippen LogP contribution in [0, 0.1) is 0 Å². The van der Waals surface area contributed by atoms with E-state index in [2.05, 4.69) is 10.3 Å². The van der Waals surface area contributed by atoms with Crippen LogP contribution in [0.4, 0.5) is 5.82 Å². The van der Waals surface area contributed by atoms with Crippen molar-refractivity contribution in [3.63, 3.8) is 0 Å². The molecule has 4 atom stereocenters. The van der Waals surface area contributed by atoms with Crippen molar-refractivity contribution in [3.05, 3.63) is 47.7 Å². The van der Waals surface area contributed by atoms with E-state index < -0.39 is 31.1 Å². The van der Waals surface area contributed by atoms with Crippen molar-refractivity contribution in [1.29, 1.82) is 0 Å². The predicted molar refractivity (Wildman–Crippen MR) is 91.6 cm³/mol. The molecule has 0 radical (unpaired) electrons. The summed E-state index contributed by atoms with van der Waals surface area (Å²) in [7, 11) is 0. The highest BCUT2D eigenvalue weighted by Crippen LogP contribution is 2.31. The Hall–Kier alpha value is -2.66. The van der Waals surface area contributed by atoms with E-state index in [1.165, 1.54) is 10.9 Å². The van der Waals surface area contributed by atoms with Crippen molar-refractivity contribution in [1.82, 2.24) is 9.78 Å². The van der Waals surface area contributed by atoms with Crippen molar-refractivity contribution in [2.24, 2.45) is 10.9 Å². The van der Waals surface area contributed by atoms with E-state index in [1.807, 2.05) is 30.3 Å². The molecule has 1 aromatic carbocycles. The Morgan fingerprint density at radius 3 is 2.65 bits per heavy atom. The lowest BCUT2D eigenvalue weighted by molar-refractivity contribution is -0.0574. The molecule has 4 unspecified atom stereocenters. The van der Waals surface area contributed by atoms with E-state index in [-0.39, 0.29) is 18.3 Å². The van der Waals surface area contributed by atoms with Crippen molar-refractivity contribution < 1.29 is 24.9 Å². The van der Waals surface area contributed by atoms with Gasteiger partial charge in [0.2, 0.25) is 0 Å². The number of ether oxygens (including phenoxy) is 1. The summed E-state index contributed by atoms with van der Waals surface area (Å²) in [6.45, 7) is -0.204. The fourth-order valence-electron chi connectivity index (χ4n) is 2.65. The smallest absolute Gasteiger partial charge is 0.181 e. The molecular weight excluding hydrogens is 342 g/mol. The number of hydrogen-bond donors (Lipinski definition) is 5. The van der Waals surface area contributed by atoms with Gasteiger partial charge in [-0.3, -0.25) is 0 Å². The first-order valence-corrected chi connectivity index (χ1v) is 7.98. The number of hydrogen-bond acceptors (Lipinski definition) is 8. The Labute approximate surface area is 149 Å². The number of rotatable bonds is 6. The van der Waals surface area contributed by atoms with Gasteiger partial charge in [0.15, 0.2) is 12.1 Å². The molecule has 2 aromatic rings. The highest BCUT2D eigenvalue weighted by Gasteiger charge is 2.44. The van der Waals surface area contributed by atoms with Gasteiger partial charge in [-0.15, -0.1) is 0 Å². The summed E-state index contributed by atoms with van der Waals surface area (Å²) < 4.78 is 6.57. The first-order chi connectivity index (χ1) is 12.5. The molecular formula is C16H21N5O5. The van der Waals surface area contributed by atoms with Crippen LogP contribution in [-0.2, 0) is 16.2 Å². The number of nitrogen functional groups attached to an aromatic ring is 1. The van der Waals surface area contributed by atoms with Crippen LogP contribution >= 0.6 is 0 Å². The maximum Gasteiger partial charge on any atom is 0.181 e. The molecule has 7 N–H and O–H groups in total. The first kappa shape index (κ1) is 18.1. The minimum absolute atomic E-state index is 0.0106. The number of nitrogens with zero attached hydrogens (tertiary/aromatic N) is 3. The quantitative estimate of drug-likeness (QED) is 0.246. The third kappa shape index (κ3) is 3.48. The number of benzene rings is 1. The van der Waals surface area contributed by atoms with Gasteiger partial charge in [0.1, 0.15) is 30.7 Å². The van der Waals surface area contributed by atoms with Gasteiger partial charge in [0.05, 0.1) is 18.4 Å². The second-order valence-electron chi connectivity index (χ2n) is 5.85. The van der Waals surface area contributed by atoms with Gasteiger partial charge in [-0.05, 0) is 5.56 Å². The second kappa shape index (κ2) is 7.70.